The van der Waals surface area contributed by atoms with Crippen LogP contribution in [0.1, 0.15) is 18.4 Å². The van der Waals surface area contributed by atoms with Crippen molar-refractivity contribution in [1.82, 2.24) is 9.62 Å². The van der Waals surface area contributed by atoms with E-state index >= 15 is 0 Å². The molecule has 0 saturated carbocycles. The summed E-state index contributed by atoms with van der Waals surface area (Å²) in [6.45, 7) is 1.05. The Bertz CT molecular complexity index is 575. The van der Waals surface area contributed by atoms with Crippen molar-refractivity contribution in [3.05, 3.63) is 29.8 Å². The molecule has 1 heterocycles. The van der Waals surface area contributed by atoms with Crippen LogP contribution in [0.4, 0.5) is 0 Å². The molecular formula is C13H17N3O2S. The molecule has 1 aliphatic heterocycles. The first kappa shape index (κ1) is 14.0. The van der Waals surface area contributed by atoms with Gasteiger partial charge in [0.15, 0.2) is 0 Å². The summed E-state index contributed by atoms with van der Waals surface area (Å²) in [5, 5.41) is 11.9. The largest absolute Gasteiger partial charge is 0.316 e. The van der Waals surface area contributed by atoms with Crippen LogP contribution in [-0.2, 0) is 10.0 Å². The van der Waals surface area contributed by atoms with E-state index in [1.165, 1.54) is 28.6 Å². The van der Waals surface area contributed by atoms with E-state index < -0.39 is 10.0 Å². The molecule has 5 nitrogen and oxygen atoms in total. The Kier molecular flexibility index (Phi) is 4.20. The summed E-state index contributed by atoms with van der Waals surface area (Å²) in [4.78, 5) is 0.253. The number of rotatable bonds is 3. The van der Waals surface area contributed by atoms with Crippen LogP contribution in [0.2, 0.25) is 0 Å². The highest BCUT2D eigenvalue weighted by molar-refractivity contribution is 7.89. The molecule has 1 aromatic rings. The van der Waals surface area contributed by atoms with Crippen LogP contribution in [0.15, 0.2) is 29.2 Å². The van der Waals surface area contributed by atoms with E-state index in [4.69, 9.17) is 5.26 Å². The normalized spacial score (nSPS) is 20.9. The first-order valence-corrected chi connectivity index (χ1v) is 7.69. The van der Waals surface area contributed by atoms with Gasteiger partial charge in [0.05, 0.1) is 16.5 Å². The van der Waals surface area contributed by atoms with Gasteiger partial charge in [-0.05, 0) is 44.2 Å². The van der Waals surface area contributed by atoms with Gasteiger partial charge < -0.3 is 5.32 Å². The fraction of sp³-hybridized carbons (Fsp3) is 0.462. The smallest absolute Gasteiger partial charge is 0.243 e. The summed E-state index contributed by atoms with van der Waals surface area (Å²) >= 11 is 0. The molecule has 0 spiro atoms. The maximum Gasteiger partial charge on any atom is 0.243 e. The molecule has 0 bridgehead atoms. The first-order chi connectivity index (χ1) is 9.07. The zero-order chi connectivity index (χ0) is 13.9. The fourth-order valence-corrected chi connectivity index (χ4v) is 3.77. The molecule has 6 heteroatoms. The molecule has 1 N–H and O–H groups in total. The Balaban J connectivity index is 2.23. The SMILES string of the molecule is CN[C@@H]1CCCN(S(=O)(=O)c2ccc(C#N)cc2)C1. The van der Waals surface area contributed by atoms with Gasteiger partial charge >= 0.3 is 0 Å². The standard InChI is InChI=1S/C13H17N3O2S/c1-15-12-3-2-8-16(10-12)19(17,18)13-6-4-11(9-14)5-7-13/h4-7,12,15H,2-3,8,10H2,1H3/t12-/m1/s1. The van der Waals surface area contributed by atoms with Gasteiger partial charge in [-0.25, -0.2) is 8.42 Å². The molecule has 1 aliphatic rings. The third-order valence-electron chi connectivity index (χ3n) is 3.41. The number of nitrogens with one attached hydrogen (secondary N) is 1. The monoisotopic (exact) mass is 279 g/mol. The second kappa shape index (κ2) is 5.70. The number of nitrogens with zero attached hydrogens (tertiary/aromatic N) is 2. The third kappa shape index (κ3) is 2.95. The molecule has 1 saturated heterocycles. The Labute approximate surface area is 113 Å². The predicted octanol–water partition coefficient (Wildman–Crippen LogP) is 0.931. The Hall–Kier alpha value is -1.42. The van der Waals surface area contributed by atoms with Crippen LogP contribution in [0.5, 0.6) is 0 Å². The molecule has 1 aromatic carbocycles. The number of piperidine rings is 1. The lowest BCUT2D eigenvalue weighted by Gasteiger charge is -2.31. The van der Waals surface area contributed by atoms with Gasteiger partial charge in [-0.15, -0.1) is 0 Å². The van der Waals surface area contributed by atoms with Crippen molar-refractivity contribution >= 4 is 10.0 Å². The topological polar surface area (TPSA) is 73.2 Å². The maximum absolute atomic E-state index is 12.5. The number of hydrogen-bond donors (Lipinski definition) is 1. The van der Waals surface area contributed by atoms with E-state index in [1.54, 1.807) is 0 Å². The number of hydrogen-bond acceptors (Lipinski definition) is 4. The molecule has 2 rings (SSSR count). The lowest BCUT2D eigenvalue weighted by atomic mass is 10.1. The number of nitriles is 1. The zero-order valence-electron chi connectivity index (χ0n) is 10.8. The quantitative estimate of drug-likeness (QED) is 0.893. The van der Waals surface area contributed by atoms with Crippen molar-refractivity contribution in [3.63, 3.8) is 0 Å². The number of benzene rings is 1. The van der Waals surface area contributed by atoms with Gasteiger partial charge in [0.1, 0.15) is 0 Å². The van der Waals surface area contributed by atoms with E-state index in [1.807, 2.05) is 13.1 Å². The van der Waals surface area contributed by atoms with Crippen molar-refractivity contribution in [1.29, 1.82) is 5.26 Å². The molecule has 0 aliphatic carbocycles. The van der Waals surface area contributed by atoms with Crippen LogP contribution in [0.3, 0.4) is 0 Å². The second-order valence-corrected chi connectivity index (χ2v) is 6.56. The minimum atomic E-state index is -3.45. The van der Waals surface area contributed by atoms with Crippen molar-refractivity contribution in [2.75, 3.05) is 20.1 Å². The van der Waals surface area contributed by atoms with Gasteiger partial charge in [0.25, 0.3) is 0 Å². The average molecular weight is 279 g/mol. The number of likely N-dealkylation sites (N-methyl/N-ethyl adjacent to an activating group) is 1. The summed E-state index contributed by atoms with van der Waals surface area (Å²) in [5.41, 5.74) is 0.464. The van der Waals surface area contributed by atoms with E-state index in [0.29, 0.717) is 18.7 Å². The summed E-state index contributed by atoms with van der Waals surface area (Å²) in [5.74, 6) is 0. The van der Waals surface area contributed by atoms with E-state index in [2.05, 4.69) is 5.32 Å². The summed E-state index contributed by atoms with van der Waals surface area (Å²) in [6, 6.07) is 8.26. The summed E-state index contributed by atoms with van der Waals surface area (Å²) in [6.07, 6.45) is 1.86. The van der Waals surface area contributed by atoms with Crippen LogP contribution in [0.25, 0.3) is 0 Å². The summed E-state index contributed by atoms with van der Waals surface area (Å²) in [7, 11) is -1.60. The predicted molar refractivity (Wildman–Crippen MR) is 72.0 cm³/mol. The van der Waals surface area contributed by atoms with Crippen LogP contribution in [0, 0.1) is 11.3 Å². The highest BCUT2D eigenvalue weighted by Gasteiger charge is 2.29. The van der Waals surface area contributed by atoms with Gasteiger partial charge in [0.2, 0.25) is 10.0 Å². The average Bonchev–Trinajstić information content (AvgIpc) is 2.47. The minimum absolute atomic E-state index is 0.210. The number of sulfonamides is 1. The van der Waals surface area contributed by atoms with Crippen LogP contribution in [-0.4, -0.2) is 38.9 Å². The van der Waals surface area contributed by atoms with Crippen molar-refractivity contribution in [3.8, 4) is 6.07 Å². The molecule has 0 unspecified atom stereocenters. The zero-order valence-corrected chi connectivity index (χ0v) is 11.7. The molecular weight excluding hydrogens is 262 g/mol. The van der Waals surface area contributed by atoms with Crippen LogP contribution < -0.4 is 5.32 Å². The van der Waals surface area contributed by atoms with Crippen molar-refractivity contribution in [2.24, 2.45) is 0 Å². The molecule has 19 heavy (non-hydrogen) atoms. The molecule has 1 atom stereocenters. The van der Waals surface area contributed by atoms with Gasteiger partial charge in [-0.1, -0.05) is 0 Å². The second-order valence-electron chi connectivity index (χ2n) is 4.63. The van der Waals surface area contributed by atoms with Gasteiger partial charge in [-0.3, -0.25) is 0 Å². The molecule has 0 amide bonds. The lowest BCUT2D eigenvalue weighted by Crippen LogP contribution is -2.46. The van der Waals surface area contributed by atoms with Gasteiger partial charge in [0, 0.05) is 19.1 Å². The van der Waals surface area contributed by atoms with Crippen LogP contribution >= 0.6 is 0 Å². The molecule has 0 radical (unpaired) electrons. The Morgan fingerprint density at radius 1 is 1.37 bits per heavy atom. The molecule has 102 valence electrons. The van der Waals surface area contributed by atoms with E-state index in [9.17, 15) is 8.42 Å². The fourth-order valence-electron chi connectivity index (χ4n) is 2.25. The lowest BCUT2D eigenvalue weighted by molar-refractivity contribution is 0.293. The Morgan fingerprint density at radius 2 is 2.05 bits per heavy atom. The molecule has 1 fully saturated rings. The van der Waals surface area contributed by atoms with Crippen molar-refractivity contribution < 1.29 is 8.42 Å². The summed E-state index contributed by atoms with van der Waals surface area (Å²) < 4.78 is 26.4. The Morgan fingerprint density at radius 3 is 2.63 bits per heavy atom. The first-order valence-electron chi connectivity index (χ1n) is 6.25. The highest BCUT2D eigenvalue weighted by Crippen LogP contribution is 2.20. The van der Waals surface area contributed by atoms with Gasteiger partial charge in [-0.2, -0.15) is 9.57 Å². The van der Waals surface area contributed by atoms with E-state index in [-0.39, 0.29) is 10.9 Å². The molecule has 0 aromatic heterocycles. The third-order valence-corrected chi connectivity index (χ3v) is 5.29. The highest BCUT2D eigenvalue weighted by atomic mass is 32.2. The van der Waals surface area contributed by atoms with Crippen molar-refractivity contribution in [2.45, 2.75) is 23.8 Å². The minimum Gasteiger partial charge on any atom is -0.316 e. The maximum atomic E-state index is 12.5. The van der Waals surface area contributed by atoms with E-state index in [0.717, 1.165) is 12.8 Å².